The van der Waals surface area contributed by atoms with Gasteiger partial charge in [0.1, 0.15) is 11.6 Å². The van der Waals surface area contributed by atoms with Gasteiger partial charge in [-0.15, -0.1) is 5.10 Å². The first-order chi connectivity index (χ1) is 16.0. The number of nitrogens with zero attached hydrogens (tertiary/aromatic N) is 5. The van der Waals surface area contributed by atoms with Gasteiger partial charge in [-0.25, -0.2) is 14.1 Å². The van der Waals surface area contributed by atoms with Gasteiger partial charge in [0.2, 0.25) is 5.95 Å². The van der Waals surface area contributed by atoms with Crippen molar-refractivity contribution in [2.75, 3.05) is 37.2 Å². The van der Waals surface area contributed by atoms with Crippen molar-refractivity contribution >= 4 is 46.0 Å². The molecule has 3 N–H and O–H groups in total. The van der Waals surface area contributed by atoms with Crippen LogP contribution in [0.4, 0.5) is 16.2 Å². The summed E-state index contributed by atoms with van der Waals surface area (Å²) in [7, 11) is 0. The highest BCUT2D eigenvalue weighted by Gasteiger charge is 2.21. The van der Waals surface area contributed by atoms with Crippen molar-refractivity contribution in [1.82, 2.24) is 24.6 Å². The molecule has 7 nitrogen and oxygen atoms in total. The second kappa shape index (κ2) is 9.13. The minimum atomic E-state index is -0.401. The van der Waals surface area contributed by atoms with Crippen LogP contribution in [0, 0.1) is 5.82 Å². The van der Waals surface area contributed by atoms with Crippen LogP contribution in [-0.4, -0.2) is 50.8 Å². The molecule has 0 bridgehead atoms. The molecule has 10 heteroatoms. The Balaban J connectivity index is 1.59. The average Bonchev–Trinajstić information content (AvgIpc) is 3.44. The molecule has 170 valence electrons. The van der Waals surface area contributed by atoms with Crippen LogP contribution in [0.1, 0.15) is 12.8 Å². The van der Waals surface area contributed by atoms with Gasteiger partial charge in [0.05, 0.1) is 26.8 Å². The number of aromatic nitrogens is 4. The summed E-state index contributed by atoms with van der Waals surface area (Å²) in [5.41, 5.74) is 8.15. The second-order valence-corrected chi connectivity index (χ2v) is 8.76. The average molecular weight is 486 g/mol. The lowest BCUT2D eigenvalue weighted by molar-refractivity contribution is 0.352. The number of hydrogen-bond acceptors (Lipinski definition) is 6. The third kappa shape index (κ3) is 4.34. The molecule has 0 spiro atoms. The van der Waals surface area contributed by atoms with Crippen molar-refractivity contribution < 1.29 is 4.39 Å². The normalized spacial score (nSPS) is 14.3. The Labute approximate surface area is 200 Å². The van der Waals surface area contributed by atoms with Crippen LogP contribution in [-0.2, 0) is 0 Å². The van der Waals surface area contributed by atoms with E-state index in [4.69, 9.17) is 28.9 Å². The minimum Gasteiger partial charge on any atom is -0.383 e. The number of likely N-dealkylation sites (tertiary alicyclic amines) is 1. The van der Waals surface area contributed by atoms with Gasteiger partial charge in [-0.2, -0.15) is 4.98 Å². The Bertz CT molecular complexity index is 1320. The lowest BCUT2D eigenvalue weighted by Gasteiger charge is -2.15. The number of halogens is 3. The zero-order valence-electron chi connectivity index (χ0n) is 17.7. The molecule has 3 heterocycles. The van der Waals surface area contributed by atoms with Crippen molar-refractivity contribution in [3.63, 3.8) is 0 Å². The molecule has 0 amide bonds. The number of rotatable bonds is 6. The highest BCUT2D eigenvalue weighted by molar-refractivity contribution is 6.42. The van der Waals surface area contributed by atoms with Crippen LogP contribution in [0.2, 0.25) is 10.0 Å². The number of fused-ring (bicyclic) bond motifs is 1. The first-order valence-electron chi connectivity index (χ1n) is 10.7. The van der Waals surface area contributed by atoms with E-state index in [2.05, 4.69) is 25.3 Å². The molecule has 5 rings (SSSR count). The number of benzene rings is 2. The van der Waals surface area contributed by atoms with Gasteiger partial charge in [-0.1, -0.05) is 35.3 Å². The molecule has 0 atom stereocenters. The van der Waals surface area contributed by atoms with E-state index in [0.717, 1.165) is 19.6 Å². The summed E-state index contributed by atoms with van der Waals surface area (Å²) >= 11 is 12.3. The predicted molar refractivity (Wildman–Crippen MR) is 131 cm³/mol. The fourth-order valence-electron chi connectivity index (χ4n) is 4.08. The highest BCUT2D eigenvalue weighted by Crippen LogP contribution is 2.35. The molecular formula is C23H22Cl2FN7. The van der Waals surface area contributed by atoms with Gasteiger partial charge in [-0.05, 0) is 56.3 Å². The van der Waals surface area contributed by atoms with E-state index in [1.54, 1.807) is 36.4 Å². The van der Waals surface area contributed by atoms with Gasteiger partial charge in [0.25, 0.3) is 0 Å². The van der Waals surface area contributed by atoms with E-state index >= 15 is 0 Å². The first-order valence-corrected chi connectivity index (χ1v) is 11.5. The molecule has 0 unspecified atom stereocenters. The first kappa shape index (κ1) is 21.9. The van der Waals surface area contributed by atoms with Crippen molar-refractivity contribution in [1.29, 1.82) is 0 Å². The van der Waals surface area contributed by atoms with Gasteiger partial charge < -0.3 is 16.0 Å². The summed E-state index contributed by atoms with van der Waals surface area (Å²) in [4.78, 5) is 11.6. The van der Waals surface area contributed by atoms with E-state index in [0.29, 0.717) is 50.5 Å². The molecule has 1 aliphatic rings. The summed E-state index contributed by atoms with van der Waals surface area (Å²) < 4.78 is 16.3. The monoisotopic (exact) mass is 485 g/mol. The Kier molecular flexibility index (Phi) is 6.05. The van der Waals surface area contributed by atoms with E-state index in [1.807, 2.05) is 0 Å². The number of nitrogen functional groups attached to an aromatic ring is 1. The second-order valence-electron chi connectivity index (χ2n) is 7.95. The Morgan fingerprint density at radius 2 is 1.82 bits per heavy atom. The number of anilines is 2. The van der Waals surface area contributed by atoms with Gasteiger partial charge in [0, 0.05) is 18.7 Å². The summed E-state index contributed by atoms with van der Waals surface area (Å²) in [5.74, 6) is 0.256. The van der Waals surface area contributed by atoms with Crippen molar-refractivity contribution in [3.05, 3.63) is 58.3 Å². The molecule has 1 saturated heterocycles. The fourth-order valence-corrected chi connectivity index (χ4v) is 4.38. The number of hydrogen-bond donors (Lipinski definition) is 2. The van der Waals surface area contributed by atoms with Gasteiger partial charge in [-0.3, -0.25) is 0 Å². The van der Waals surface area contributed by atoms with Crippen LogP contribution in [0.25, 0.3) is 28.0 Å². The van der Waals surface area contributed by atoms with Crippen molar-refractivity contribution in [2.24, 2.45) is 0 Å². The molecule has 0 radical (unpaired) electrons. The Morgan fingerprint density at radius 3 is 2.58 bits per heavy atom. The predicted octanol–water partition coefficient (Wildman–Crippen LogP) is 5.02. The number of nitrogens with two attached hydrogens (primary N) is 1. The smallest absolute Gasteiger partial charge is 0.225 e. The molecule has 2 aromatic carbocycles. The molecule has 2 aromatic heterocycles. The van der Waals surface area contributed by atoms with Crippen LogP contribution >= 0.6 is 23.2 Å². The van der Waals surface area contributed by atoms with E-state index < -0.39 is 5.82 Å². The summed E-state index contributed by atoms with van der Waals surface area (Å²) in [6.45, 7) is 3.76. The highest BCUT2D eigenvalue weighted by atomic mass is 35.5. The maximum Gasteiger partial charge on any atom is 0.225 e. The topological polar surface area (TPSA) is 84.9 Å². The maximum atomic E-state index is 14.8. The molecule has 4 aromatic rings. The lowest BCUT2D eigenvalue weighted by Crippen LogP contribution is -2.26. The lowest BCUT2D eigenvalue weighted by atomic mass is 10.1. The summed E-state index contributed by atoms with van der Waals surface area (Å²) in [6, 6.07) is 11.5. The third-order valence-corrected chi connectivity index (χ3v) is 6.49. The Morgan fingerprint density at radius 1 is 1.03 bits per heavy atom. The standard InChI is InChI=1S/C23H22Cl2FN7/c24-16-8-7-14(13-17(16)25)33-21(27)19-20(15-5-1-2-6-18(15)26)29-23(30-22(19)31-33)28-9-12-32-10-3-4-11-32/h1-2,5-8,13H,3-4,9-12,27H2,(H,28,30,31). The van der Waals surface area contributed by atoms with Crippen molar-refractivity contribution in [2.45, 2.75) is 12.8 Å². The van der Waals surface area contributed by atoms with E-state index in [-0.39, 0.29) is 5.82 Å². The molecule has 1 aliphatic heterocycles. The summed E-state index contributed by atoms with van der Waals surface area (Å²) in [5, 5.41) is 9.11. The molecule has 1 fully saturated rings. The fraction of sp³-hybridized carbons (Fsp3) is 0.261. The zero-order chi connectivity index (χ0) is 22.9. The van der Waals surface area contributed by atoms with Gasteiger partial charge >= 0.3 is 0 Å². The molecule has 33 heavy (non-hydrogen) atoms. The van der Waals surface area contributed by atoms with E-state index in [9.17, 15) is 4.39 Å². The van der Waals surface area contributed by atoms with Crippen LogP contribution < -0.4 is 11.1 Å². The van der Waals surface area contributed by atoms with Gasteiger partial charge in [0.15, 0.2) is 5.65 Å². The van der Waals surface area contributed by atoms with Crippen LogP contribution in [0.15, 0.2) is 42.5 Å². The van der Waals surface area contributed by atoms with Crippen LogP contribution in [0.3, 0.4) is 0 Å². The third-order valence-electron chi connectivity index (χ3n) is 5.76. The Hall–Kier alpha value is -2.94. The van der Waals surface area contributed by atoms with Crippen molar-refractivity contribution in [3.8, 4) is 16.9 Å². The quantitative estimate of drug-likeness (QED) is 0.398. The molecule has 0 aliphatic carbocycles. The zero-order valence-corrected chi connectivity index (χ0v) is 19.2. The maximum absolute atomic E-state index is 14.8. The number of nitrogens with one attached hydrogen (secondary N) is 1. The van der Waals surface area contributed by atoms with E-state index in [1.165, 1.54) is 23.6 Å². The SMILES string of the molecule is Nc1c2c(-c3ccccc3F)nc(NCCN3CCCC3)nc2nn1-c1ccc(Cl)c(Cl)c1. The van der Waals surface area contributed by atoms with Crippen LogP contribution in [0.5, 0.6) is 0 Å². The minimum absolute atomic E-state index is 0.283. The summed E-state index contributed by atoms with van der Waals surface area (Å²) in [6.07, 6.45) is 2.45. The molecular weight excluding hydrogens is 464 g/mol. The largest absolute Gasteiger partial charge is 0.383 e. The molecule has 0 saturated carbocycles.